The van der Waals surface area contributed by atoms with Crippen LogP contribution in [0.3, 0.4) is 0 Å². The Bertz CT molecular complexity index is 1090. The second kappa shape index (κ2) is 7.14. The van der Waals surface area contributed by atoms with Crippen molar-refractivity contribution >= 4 is 5.69 Å². The quantitative estimate of drug-likeness (QED) is 0.681. The summed E-state index contributed by atoms with van der Waals surface area (Å²) in [5.74, 6) is 0.875. The first kappa shape index (κ1) is 19.0. The topological polar surface area (TPSA) is 38.7 Å². The highest BCUT2D eigenvalue weighted by Gasteiger charge is 2.53. The fourth-order valence-electron chi connectivity index (χ4n) is 5.71. The third-order valence-electron chi connectivity index (χ3n) is 7.34. The van der Waals surface area contributed by atoms with Gasteiger partial charge in [-0.05, 0) is 42.7 Å². The highest BCUT2D eigenvalue weighted by atomic mass is 16.5. The third kappa shape index (κ3) is 3.15. The molecule has 5 heteroatoms. The van der Waals surface area contributed by atoms with Crippen molar-refractivity contribution in [3.63, 3.8) is 0 Å². The average Bonchev–Trinajstić information content (AvgIpc) is 3.43. The number of fused-ring (bicyclic) bond motifs is 4. The highest BCUT2D eigenvalue weighted by molar-refractivity contribution is 5.69. The van der Waals surface area contributed by atoms with Gasteiger partial charge in [0.15, 0.2) is 0 Å². The lowest BCUT2D eigenvalue weighted by atomic mass is 9.79. The minimum Gasteiger partial charge on any atom is -0.497 e. The molecule has 4 heterocycles. The van der Waals surface area contributed by atoms with E-state index in [9.17, 15) is 0 Å². The van der Waals surface area contributed by atoms with Gasteiger partial charge >= 0.3 is 0 Å². The maximum atomic E-state index is 6.64. The van der Waals surface area contributed by atoms with Gasteiger partial charge in [0.25, 0.3) is 0 Å². The molecular weight excluding hydrogens is 386 g/mol. The third-order valence-corrected chi connectivity index (χ3v) is 7.34. The summed E-state index contributed by atoms with van der Waals surface area (Å²) < 4.78 is 14.4. The van der Waals surface area contributed by atoms with E-state index in [0.29, 0.717) is 6.61 Å². The van der Waals surface area contributed by atoms with Crippen molar-refractivity contribution in [1.29, 1.82) is 0 Å². The molecule has 1 N–H and O–H groups in total. The van der Waals surface area contributed by atoms with Crippen LogP contribution in [0.15, 0.2) is 66.9 Å². The van der Waals surface area contributed by atoms with Crippen LogP contribution in [0.4, 0.5) is 5.69 Å². The van der Waals surface area contributed by atoms with Crippen molar-refractivity contribution < 1.29 is 9.47 Å². The van der Waals surface area contributed by atoms with E-state index in [1.54, 1.807) is 7.11 Å². The van der Waals surface area contributed by atoms with E-state index in [1.807, 2.05) is 6.07 Å². The smallest absolute Gasteiger partial charge is 0.121 e. The number of anilines is 1. The zero-order chi connectivity index (χ0) is 20.9. The van der Waals surface area contributed by atoms with Gasteiger partial charge in [0.1, 0.15) is 11.3 Å². The van der Waals surface area contributed by atoms with Crippen LogP contribution in [-0.4, -0.2) is 41.9 Å². The number of nitrogens with one attached hydrogen (secondary N) is 1. The van der Waals surface area contributed by atoms with Crippen LogP contribution in [0.2, 0.25) is 0 Å². The average molecular weight is 416 g/mol. The normalized spacial score (nSPS) is 24.0. The summed E-state index contributed by atoms with van der Waals surface area (Å²) in [4.78, 5) is 2.56. The lowest BCUT2D eigenvalue weighted by Crippen LogP contribution is -2.46. The lowest BCUT2D eigenvalue weighted by molar-refractivity contribution is -0.0451. The summed E-state index contributed by atoms with van der Waals surface area (Å²) in [6.45, 7) is 3.88. The monoisotopic (exact) mass is 415 g/mol. The van der Waals surface area contributed by atoms with Crippen molar-refractivity contribution in [2.24, 2.45) is 0 Å². The number of methoxy groups -OCH3 is 1. The number of rotatable bonds is 3. The zero-order valence-electron chi connectivity index (χ0n) is 18.0. The molecule has 2 fully saturated rings. The molecule has 3 aliphatic rings. The van der Waals surface area contributed by atoms with E-state index in [2.05, 4.69) is 75.6 Å². The first-order chi connectivity index (χ1) is 15.2. The summed E-state index contributed by atoms with van der Waals surface area (Å²) in [5.41, 5.74) is 4.74. The Balaban J connectivity index is 1.23. The molecule has 1 unspecified atom stereocenters. The number of hydrogen-bond acceptors (Lipinski definition) is 4. The van der Waals surface area contributed by atoms with E-state index in [1.165, 1.54) is 16.9 Å². The Labute approximate surface area is 183 Å². The number of nitrogens with zero attached hydrogens (tertiary/aromatic N) is 2. The summed E-state index contributed by atoms with van der Waals surface area (Å²) in [7, 11) is 1.72. The SMILES string of the molecule is COc1ccc2c(c1)NC1(COC3(CCN(Cc4ccccc4)CC3)C1)c1cccn1-2. The molecule has 0 saturated carbocycles. The van der Waals surface area contributed by atoms with Crippen LogP contribution < -0.4 is 10.1 Å². The lowest BCUT2D eigenvalue weighted by Gasteiger charge is -2.41. The van der Waals surface area contributed by atoms with Crippen LogP contribution in [0.1, 0.15) is 30.5 Å². The van der Waals surface area contributed by atoms with E-state index in [-0.39, 0.29) is 11.1 Å². The van der Waals surface area contributed by atoms with E-state index in [4.69, 9.17) is 9.47 Å². The Morgan fingerprint density at radius 2 is 1.87 bits per heavy atom. The number of piperidine rings is 1. The molecule has 3 aromatic rings. The van der Waals surface area contributed by atoms with Crippen LogP contribution in [0, 0.1) is 0 Å². The minimum atomic E-state index is -0.190. The summed E-state index contributed by atoms with van der Waals surface area (Å²) in [6, 6.07) is 21.4. The molecule has 2 spiro atoms. The Morgan fingerprint density at radius 3 is 2.68 bits per heavy atom. The van der Waals surface area contributed by atoms with Gasteiger partial charge in [-0.25, -0.2) is 0 Å². The van der Waals surface area contributed by atoms with E-state index >= 15 is 0 Å². The van der Waals surface area contributed by atoms with Crippen LogP contribution >= 0.6 is 0 Å². The Morgan fingerprint density at radius 1 is 1.03 bits per heavy atom. The number of ether oxygens (including phenoxy) is 2. The molecule has 31 heavy (non-hydrogen) atoms. The zero-order valence-corrected chi connectivity index (χ0v) is 18.0. The molecule has 0 aliphatic carbocycles. The molecule has 1 aromatic heterocycles. The Hall–Kier alpha value is -2.76. The standard InChI is InChI=1S/C26H29N3O2/c1-30-21-9-10-23-22(16-21)27-26(24-8-5-13-29(23)24)18-25(31-19-26)11-14-28(15-12-25)17-20-6-3-2-4-7-20/h2-10,13,16,27H,11-12,14-15,17-19H2,1H3. The largest absolute Gasteiger partial charge is 0.497 e. The van der Waals surface area contributed by atoms with Crippen molar-refractivity contribution in [3.05, 3.63) is 78.1 Å². The Kier molecular flexibility index (Phi) is 4.37. The van der Waals surface area contributed by atoms with Crippen LogP contribution in [0.25, 0.3) is 5.69 Å². The summed E-state index contributed by atoms with van der Waals surface area (Å²) in [5, 5.41) is 3.87. The molecule has 0 amide bonds. The van der Waals surface area contributed by atoms with Gasteiger partial charge in [0.05, 0.1) is 36.4 Å². The highest BCUT2D eigenvalue weighted by Crippen LogP contribution is 2.50. The summed E-state index contributed by atoms with van der Waals surface area (Å²) >= 11 is 0. The fourth-order valence-corrected chi connectivity index (χ4v) is 5.71. The molecule has 5 nitrogen and oxygen atoms in total. The molecule has 2 aromatic carbocycles. The van der Waals surface area contributed by atoms with E-state index in [0.717, 1.165) is 50.3 Å². The number of benzene rings is 2. The molecule has 160 valence electrons. The van der Waals surface area contributed by atoms with Gasteiger partial charge in [0.2, 0.25) is 0 Å². The number of hydrogen-bond donors (Lipinski definition) is 1. The maximum absolute atomic E-state index is 6.64. The number of aromatic nitrogens is 1. The van der Waals surface area contributed by atoms with Crippen LogP contribution in [-0.2, 0) is 16.8 Å². The van der Waals surface area contributed by atoms with Crippen molar-refractivity contribution in [1.82, 2.24) is 9.47 Å². The maximum Gasteiger partial charge on any atom is 0.121 e. The van der Waals surface area contributed by atoms with Gasteiger partial charge < -0.3 is 19.4 Å². The van der Waals surface area contributed by atoms with Gasteiger partial charge in [0, 0.05) is 38.3 Å². The van der Waals surface area contributed by atoms with E-state index < -0.39 is 0 Å². The molecule has 1 atom stereocenters. The molecule has 3 aliphatic heterocycles. The van der Waals surface area contributed by atoms with Gasteiger partial charge in [-0.15, -0.1) is 0 Å². The van der Waals surface area contributed by atoms with Crippen molar-refractivity contribution in [2.45, 2.75) is 36.9 Å². The van der Waals surface area contributed by atoms with Gasteiger partial charge in [-0.3, -0.25) is 4.90 Å². The number of likely N-dealkylation sites (tertiary alicyclic amines) is 1. The van der Waals surface area contributed by atoms with Crippen molar-refractivity contribution in [2.75, 3.05) is 32.1 Å². The first-order valence-electron chi connectivity index (χ1n) is 11.2. The molecule has 2 saturated heterocycles. The molecule has 0 radical (unpaired) electrons. The second-order valence-corrected chi connectivity index (χ2v) is 9.26. The molecule has 0 bridgehead atoms. The predicted molar refractivity (Wildman–Crippen MR) is 122 cm³/mol. The first-order valence-corrected chi connectivity index (χ1v) is 11.2. The van der Waals surface area contributed by atoms with Crippen molar-refractivity contribution in [3.8, 4) is 11.4 Å². The molecular formula is C26H29N3O2. The summed E-state index contributed by atoms with van der Waals surface area (Å²) in [6.07, 6.45) is 5.32. The van der Waals surface area contributed by atoms with Gasteiger partial charge in [-0.2, -0.15) is 0 Å². The van der Waals surface area contributed by atoms with Crippen LogP contribution in [0.5, 0.6) is 5.75 Å². The fraction of sp³-hybridized carbons (Fsp3) is 0.385. The predicted octanol–water partition coefficient (Wildman–Crippen LogP) is 4.56. The molecule has 6 rings (SSSR count). The van der Waals surface area contributed by atoms with Gasteiger partial charge in [-0.1, -0.05) is 30.3 Å². The second-order valence-electron chi connectivity index (χ2n) is 9.26. The minimum absolute atomic E-state index is 0.0499.